The quantitative estimate of drug-likeness (QED) is 0.102. The third kappa shape index (κ3) is 10.5. The monoisotopic (exact) mass is 554 g/mol. The van der Waals surface area contributed by atoms with E-state index in [2.05, 4.69) is 6.92 Å². The summed E-state index contributed by atoms with van der Waals surface area (Å²) in [6.07, 6.45) is -2.25. The van der Waals surface area contributed by atoms with Crippen molar-refractivity contribution >= 4 is 0 Å². The minimum absolute atomic E-state index is 0.0998. The summed E-state index contributed by atoms with van der Waals surface area (Å²) in [5.41, 5.74) is 0. The molecule has 38 heavy (non-hydrogen) atoms. The zero-order valence-corrected chi connectivity index (χ0v) is 22.6. The Morgan fingerprint density at radius 3 is 1.71 bits per heavy atom. The van der Waals surface area contributed by atoms with Crippen LogP contribution in [0.3, 0.4) is 0 Å². The fourth-order valence-corrected chi connectivity index (χ4v) is 4.71. The average Bonchev–Trinajstić information content (AvgIpc) is 2.92. The fourth-order valence-electron chi connectivity index (χ4n) is 4.71. The Bertz CT molecular complexity index is 595. The molecule has 2 aliphatic heterocycles. The van der Waals surface area contributed by atoms with Crippen LogP contribution in [-0.4, -0.2) is 130 Å². The van der Waals surface area contributed by atoms with Crippen LogP contribution < -0.4 is 0 Å². The van der Waals surface area contributed by atoms with Crippen LogP contribution in [0.2, 0.25) is 0 Å². The Morgan fingerprint density at radius 1 is 0.553 bits per heavy atom. The van der Waals surface area contributed by atoms with Gasteiger partial charge in [-0.3, -0.25) is 0 Å². The Balaban J connectivity index is 1.64. The number of aliphatic hydroxyl groups is 7. The lowest BCUT2D eigenvalue weighted by molar-refractivity contribution is -0.359. The lowest BCUT2D eigenvalue weighted by Crippen LogP contribution is -2.64. The van der Waals surface area contributed by atoms with Gasteiger partial charge in [0.15, 0.2) is 12.6 Å². The summed E-state index contributed by atoms with van der Waals surface area (Å²) in [4.78, 5) is 0. The van der Waals surface area contributed by atoms with Crippen LogP contribution in [-0.2, 0) is 23.7 Å². The molecule has 2 aliphatic rings. The maximum Gasteiger partial charge on any atom is 0.187 e. The Morgan fingerprint density at radius 2 is 1.11 bits per heavy atom. The van der Waals surface area contributed by atoms with E-state index < -0.39 is 74.6 Å². The molecule has 0 amide bonds. The van der Waals surface area contributed by atoms with Crippen LogP contribution in [0.4, 0.5) is 0 Å². The lowest BCUT2D eigenvalue weighted by Gasteiger charge is -2.45. The zero-order chi connectivity index (χ0) is 27.9. The van der Waals surface area contributed by atoms with E-state index in [0.29, 0.717) is 6.61 Å². The Hall–Kier alpha value is -0.480. The molecule has 0 aromatic rings. The summed E-state index contributed by atoms with van der Waals surface area (Å²) in [5.74, 6) is 0. The zero-order valence-electron chi connectivity index (χ0n) is 22.6. The van der Waals surface area contributed by atoms with Gasteiger partial charge in [0.1, 0.15) is 48.8 Å². The van der Waals surface area contributed by atoms with Crippen molar-refractivity contribution in [3.05, 3.63) is 0 Å². The van der Waals surface area contributed by atoms with Crippen molar-refractivity contribution in [3.63, 3.8) is 0 Å². The first kappa shape index (κ1) is 33.7. The van der Waals surface area contributed by atoms with E-state index in [0.717, 1.165) is 12.8 Å². The third-order valence-corrected chi connectivity index (χ3v) is 7.11. The van der Waals surface area contributed by atoms with Crippen molar-refractivity contribution in [3.8, 4) is 0 Å². The molecule has 10 atom stereocenters. The third-order valence-electron chi connectivity index (χ3n) is 7.11. The topological polar surface area (TPSA) is 188 Å². The van der Waals surface area contributed by atoms with Crippen molar-refractivity contribution in [2.45, 2.75) is 133 Å². The molecular weight excluding hydrogens is 504 g/mol. The average molecular weight is 555 g/mol. The number of hydrogen-bond acceptors (Lipinski definition) is 12. The van der Waals surface area contributed by atoms with Crippen molar-refractivity contribution in [1.29, 1.82) is 0 Å². The van der Waals surface area contributed by atoms with Gasteiger partial charge in [-0.25, -0.2) is 0 Å². The van der Waals surface area contributed by atoms with Gasteiger partial charge >= 0.3 is 0 Å². The number of ether oxygens (including phenoxy) is 5. The number of aliphatic hydroxyl groups excluding tert-OH is 7. The smallest absolute Gasteiger partial charge is 0.187 e. The van der Waals surface area contributed by atoms with Crippen molar-refractivity contribution in [2.24, 2.45) is 0 Å². The molecule has 2 fully saturated rings. The van der Waals surface area contributed by atoms with E-state index in [-0.39, 0.29) is 13.2 Å². The van der Waals surface area contributed by atoms with Crippen LogP contribution in [0.5, 0.6) is 0 Å². The van der Waals surface area contributed by atoms with E-state index in [4.69, 9.17) is 23.7 Å². The van der Waals surface area contributed by atoms with Crippen LogP contribution in [0.15, 0.2) is 0 Å². The fraction of sp³-hybridized carbons (Fsp3) is 1.00. The van der Waals surface area contributed by atoms with Gasteiger partial charge in [-0.05, 0) is 6.42 Å². The Kier molecular flexibility index (Phi) is 16.7. The second-order valence-corrected chi connectivity index (χ2v) is 10.2. The number of hydrogen-bond donors (Lipinski definition) is 7. The molecule has 2 rings (SSSR count). The largest absolute Gasteiger partial charge is 0.394 e. The summed E-state index contributed by atoms with van der Waals surface area (Å²) in [7, 11) is 0. The first-order valence-corrected chi connectivity index (χ1v) is 14.1. The van der Waals surface area contributed by atoms with E-state index >= 15 is 0 Å². The highest BCUT2D eigenvalue weighted by atomic mass is 16.7. The molecule has 0 aliphatic carbocycles. The van der Waals surface area contributed by atoms with E-state index in [1.54, 1.807) is 0 Å². The molecular formula is C26H50O12. The number of unbranched alkanes of at least 4 members (excludes halogenated alkanes) is 9. The van der Waals surface area contributed by atoms with Crippen LogP contribution in [0.1, 0.15) is 71.1 Å². The van der Waals surface area contributed by atoms with Crippen molar-refractivity contribution < 1.29 is 59.4 Å². The summed E-state index contributed by atoms with van der Waals surface area (Å²) < 4.78 is 27.5. The molecule has 2 heterocycles. The van der Waals surface area contributed by atoms with Crippen LogP contribution in [0.25, 0.3) is 0 Å². The van der Waals surface area contributed by atoms with E-state index in [1.165, 1.54) is 51.4 Å². The maximum atomic E-state index is 10.6. The molecule has 0 radical (unpaired) electrons. The predicted molar refractivity (Wildman–Crippen MR) is 135 cm³/mol. The van der Waals surface area contributed by atoms with Gasteiger partial charge in [0.2, 0.25) is 0 Å². The van der Waals surface area contributed by atoms with Gasteiger partial charge in [-0.1, -0.05) is 64.7 Å². The van der Waals surface area contributed by atoms with Gasteiger partial charge < -0.3 is 59.4 Å². The molecule has 0 aromatic heterocycles. The summed E-state index contributed by atoms with van der Waals surface area (Å²) >= 11 is 0. The highest BCUT2D eigenvalue weighted by Crippen LogP contribution is 2.29. The predicted octanol–water partition coefficient (Wildman–Crippen LogP) is -0.435. The first-order chi connectivity index (χ1) is 18.3. The molecule has 0 unspecified atom stereocenters. The van der Waals surface area contributed by atoms with Gasteiger partial charge in [-0.15, -0.1) is 0 Å². The highest BCUT2D eigenvalue weighted by molar-refractivity contribution is 4.94. The molecule has 226 valence electrons. The van der Waals surface area contributed by atoms with Crippen molar-refractivity contribution in [1.82, 2.24) is 0 Å². The minimum atomic E-state index is -1.71. The van der Waals surface area contributed by atoms with Gasteiger partial charge in [0.05, 0.1) is 26.4 Å². The molecule has 12 heteroatoms. The van der Waals surface area contributed by atoms with Gasteiger partial charge in [-0.2, -0.15) is 0 Å². The molecule has 0 spiro atoms. The highest BCUT2D eigenvalue weighted by Gasteiger charge is 2.50. The second-order valence-electron chi connectivity index (χ2n) is 10.2. The molecule has 0 aromatic carbocycles. The summed E-state index contributed by atoms with van der Waals surface area (Å²) in [6.45, 7) is 1.93. The molecule has 0 bridgehead atoms. The van der Waals surface area contributed by atoms with Gasteiger partial charge in [0, 0.05) is 6.61 Å². The first-order valence-electron chi connectivity index (χ1n) is 14.1. The lowest BCUT2D eigenvalue weighted by atomic mass is 9.97. The molecule has 12 nitrogen and oxygen atoms in total. The maximum absolute atomic E-state index is 10.6. The Labute approximate surface area is 225 Å². The molecule has 0 saturated carbocycles. The number of rotatable bonds is 19. The van der Waals surface area contributed by atoms with Crippen LogP contribution in [0, 0.1) is 0 Å². The summed E-state index contributed by atoms with van der Waals surface area (Å²) in [6, 6.07) is 0. The SMILES string of the molecule is CCCCCCCCCCCCOCCO[C@@H]1O[C@H](CO)[C@@H](O[C@@H]2O[C@H](CO)[C@@H](O)[C@H](O)[C@H]2O)[C@H](O)[C@H]1O. The van der Waals surface area contributed by atoms with E-state index in [9.17, 15) is 35.7 Å². The van der Waals surface area contributed by atoms with Gasteiger partial charge in [0.25, 0.3) is 0 Å². The van der Waals surface area contributed by atoms with Crippen molar-refractivity contribution in [2.75, 3.05) is 33.0 Å². The summed E-state index contributed by atoms with van der Waals surface area (Å²) in [5, 5.41) is 70.2. The minimum Gasteiger partial charge on any atom is -0.394 e. The molecule has 7 N–H and O–H groups in total. The second kappa shape index (κ2) is 18.8. The normalized spacial score (nSPS) is 36.0. The standard InChI is InChI=1S/C26H50O12/c1-2-3-4-5-6-7-8-9-10-11-12-34-13-14-35-25-23(33)21(31)24(18(16-28)37-25)38-26-22(32)20(30)19(29)17(15-27)36-26/h17-33H,2-16H2,1H3/t17-,18-,19-,20+,21-,22-,23-,24-,25-,26+/m1/s1. The van der Waals surface area contributed by atoms with Crippen LogP contribution >= 0.6 is 0 Å². The molecule has 2 saturated heterocycles. The van der Waals surface area contributed by atoms with E-state index in [1.807, 2.05) is 0 Å².